The Balaban J connectivity index is 1.54. The molecule has 3 rings (SSSR count). The first-order valence-electron chi connectivity index (χ1n) is 9.00. The van der Waals surface area contributed by atoms with E-state index in [0.29, 0.717) is 23.1 Å². The zero-order chi connectivity index (χ0) is 19.8. The third-order valence-electron chi connectivity index (χ3n) is 4.14. The van der Waals surface area contributed by atoms with E-state index >= 15 is 0 Å². The maximum absolute atomic E-state index is 12.1. The molecule has 0 aromatic heterocycles. The average molecular weight is 417 g/mol. The number of thiocarbonyl (C=S) groups is 1. The molecule has 1 atom stereocenters. The van der Waals surface area contributed by atoms with Gasteiger partial charge in [0, 0.05) is 17.7 Å². The third-order valence-corrected chi connectivity index (χ3v) is 4.69. The summed E-state index contributed by atoms with van der Waals surface area (Å²) in [7, 11) is 0. The molecule has 0 bridgehead atoms. The van der Waals surface area contributed by atoms with Crippen molar-refractivity contribution in [2.24, 2.45) is 0 Å². The highest BCUT2D eigenvalue weighted by molar-refractivity contribution is 7.80. The van der Waals surface area contributed by atoms with Crippen LogP contribution in [0.5, 0.6) is 5.75 Å². The standard InChI is InChI=1S/C21H21ClN2O3S/c22-17-8-2-1-6-15(17)11-12-20(25)24-21(28)23-18-9-3-4-10-19(18)27-14-16-7-5-13-26-16/h1-4,6,8-12,16H,5,7,13-14H2,(H2,23,24,25,28)/b12-11+. The molecule has 0 radical (unpaired) electrons. The quantitative estimate of drug-likeness (QED) is 0.539. The van der Waals surface area contributed by atoms with Crippen LogP contribution >= 0.6 is 23.8 Å². The van der Waals surface area contributed by atoms with Crippen LogP contribution in [0.25, 0.3) is 6.08 Å². The topological polar surface area (TPSA) is 59.6 Å². The van der Waals surface area contributed by atoms with E-state index in [1.54, 1.807) is 12.1 Å². The molecular weight excluding hydrogens is 396 g/mol. The van der Waals surface area contributed by atoms with E-state index in [2.05, 4.69) is 10.6 Å². The number of benzene rings is 2. The Morgan fingerprint density at radius 2 is 2.04 bits per heavy atom. The first-order valence-corrected chi connectivity index (χ1v) is 9.78. The largest absolute Gasteiger partial charge is 0.489 e. The Morgan fingerprint density at radius 1 is 1.25 bits per heavy atom. The van der Waals surface area contributed by atoms with Gasteiger partial charge in [-0.3, -0.25) is 10.1 Å². The maximum Gasteiger partial charge on any atom is 0.250 e. The van der Waals surface area contributed by atoms with Gasteiger partial charge in [-0.05, 0) is 54.9 Å². The Bertz CT molecular complexity index is 866. The molecule has 1 amide bonds. The summed E-state index contributed by atoms with van der Waals surface area (Å²) in [4.78, 5) is 12.1. The lowest BCUT2D eigenvalue weighted by Gasteiger charge is -2.16. The van der Waals surface area contributed by atoms with Crippen LogP contribution in [0.3, 0.4) is 0 Å². The average Bonchev–Trinajstić information content (AvgIpc) is 3.20. The molecule has 7 heteroatoms. The van der Waals surface area contributed by atoms with Crippen molar-refractivity contribution in [3.8, 4) is 5.75 Å². The van der Waals surface area contributed by atoms with Gasteiger partial charge < -0.3 is 14.8 Å². The molecular formula is C21H21ClN2O3S. The molecule has 0 spiro atoms. The number of hydrogen-bond donors (Lipinski definition) is 2. The highest BCUT2D eigenvalue weighted by Crippen LogP contribution is 2.25. The monoisotopic (exact) mass is 416 g/mol. The molecule has 0 saturated carbocycles. The minimum Gasteiger partial charge on any atom is -0.489 e. The van der Waals surface area contributed by atoms with Crippen molar-refractivity contribution in [3.63, 3.8) is 0 Å². The van der Waals surface area contributed by atoms with Crippen molar-refractivity contribution < 1.29 is 14.3 Å². The van der Waals surface area contributed by atoms with Crippen molar-refractivity contribution in [2.75, 3.05) is 18.5 Å². The summed E-state index contributed by atoms with van der Waals surface area (Å²) in [5.41, 5.74) is 1.44. The minimum absolute atomic E-state index is 0.120. The van der Waals surface area contributed by atoms with E-state index in [0.717, 1.165) is 25.0 Å². The van der Waals surface area contributed by atoms with Crippen LogP contribution in [0.15, 0.2) is 54.6 Å². The number of amides is 1. The summed E-state index contributed by atoms with van der Waals surface area (Å²) >= 11 is 11.3. The van der Waals surface area contributed by atoms with Crippen molar-refractivity contribution in [2.45, 2.75) is 18.9 Å². The lowest BCUT2D eigenvalue weighted by molar-refractivity contribution is -0.115. The van der Waals surface area contributed by atoms with Gasteiger partial charge in [0.1, 0.15) is 12.4 Å². The molecule has 1 heterocycles. The van der Waals surface area contributed by atoms with Gasteiger partial charge in [-0.25, -0.2) is 0 Å². The number of carbonyl (C=O) groups is 1. The predicted octanol–water partition coefficient (Wildman–Crippen LogP) is 4.42. The number of nitrogens with one attached hydrogen (secondary N) is 2. The molecule has 28 heavy (non-hydrogen) atoms. The van der Waals surface area contributed by atoms with Crippen LogP contribution < -0.4 is 15.4 Å². The number of hydrogen-bond acceptors (Lipinski definition) is 4. The smallest absolute Gasteiger partial charge is 0.250 e. The van der Waals surface area contributed by atoms with Gasteiger partial charge in [-0.15, -0.1) is 0 Å². The number of para-hydroxylation sites is 2. The van der Waals surface area contributed by atoms with Crippen LogP contribution in [0.2, 0.25) is 5.02 Å². The molecule has 1 aliphatic rings. The van der Waals surface area contributed by atoms with Crippen LogP contribution in [0.4, 0.5) is 5.69 Å². The highest BCUT2D eigenvalue weighted by atomic mass is 35.5. The summed E-state index contributed by atoms with van der Waals surface area (Å²) < 4.78 is 11.4. The van der Waals surface area contributed by atoms with Gasteiger partial charge in [0.15, 0.2) is 5.11 Å². The van der Waals surface area contributed by atoms with Gasteiger partial charge >= 0.3 is 0 Å². The van der Waals surface area contributed by atoms with Gasteiger partial charge in [0.05, 0.1) is 11.8 Å². The molecule has 146 valence electrons. The van der Waals surface area contributed by atoms with Crippen molar-refractivity contribution in [1.82, 2.24) is 5.32 Å². The Hall–Kier alpha value is -2.41. The van der Waals surface area contributed by atoms with Gasteiger partial charge in [0.2, 0.25) is 5.91 Å². The molecule has 5 nitrogen and oxygen atoms in total. The molecule has 0 aliphatic carbocycles. The second-order valence-electron chi connectivity index (χ2n) is 6.24. The third kappa shape index (κ3) is 6.05. The Kier molecular flexibility index (Phi) is 7.42. The summed E-state index contributed by atoms with van der Waals surface area (Å²) in [6, 6.07) is 14.7. The van der Waals surface area contributed by atoms with E-state index in [1.807, 2.05) is 42.5 Å². The lowest BCUT2D eigenvalue weighted by Crippen LogP contribution is -2.33. The lowest BCUT2D eigenvalue weighted by atomic mass is 10.2. The van der Waals surface area contributed by atoms with E-state index in [9.17, 15) is 4.79 Å². The first kappa shape index (κ1) is 20.3. The van der Waals surface area contributed by atoms with Crippen LogP contribution in [0, 0.1) is 0 Å². The summed E-state index contributed by atoms with van der Waals surface area (Å²) in [6.45, 7) is 1.27. The summed E-state index contributed by atoms with van der Waals surface area (Å²) in [5, 5.41) is 6.37. The number of rotatable bonds is 6. The van der Waals surface area contributed by atoms with E-state index < -0.39 is 0 Å². The molecule has 2 aromatic carbocycles. The number of ether oxygens (including phenoxy) is 2. The zero-order valence-electron chi connectivity index (χ0n) is 15.2. The molecule has 2 N–H and O–H groups in total. The Morgan fingerprint density at radius 3 is 2.82 bits per heavy atom. The minimum atomic E-state index is -0.352. The van der Waals surface area contributed by atoms with E-state index in [-0.39, 0.29) is 17.1 Å². The normalized spacial score (nSPS) is 16.1. The van der Waals surface area contributed by atoms with Crippen LogP contribution in [-0.2, 0) is 9.53 Å². The number of halogens is 1. The first-order chi connectivity index (χ1) is 13.6. The van der Waals surface area contributed by atoms with Crippen molar-refractivity contribution in [1.29, 1.82) is 0 Å². The van der Waals surface area contributed by atoms with Gasteiger partial charge in [0.25, 0.3) is 0 Å². The summed E-state index contributed by atoms with van der Waals surface area (Å²) in [6.07, 6.45) is 5.20. The summed E-state index contributed by atoms with van der Waals surface area (Å²) in [5.74, 6) is 0.302. The van der Waals surface area contributed by atoms with Gasteiger partial charge in [-0.1, -0.05) is 41.9 Å². The van der Waals surface area contributed by atoms with Gasteiger partial charge in [-0.2, -0.15) is 0 Å². The maximum atomic E-state index is 12.1. The Labute approximate surface area is 174 Å². The predicted molar refractivity (Wildman–Crippen MR) is 116 cm³/mol. The van der Waals surface area contributed by atoms with Crippen molar-refractivity contribution in [3.05, 3.63) is 65.2 Å². The van der Waals surface area contributed by atoms with Crippen LogP contribution in [0.1, 0.15) is 18.4 Å². The molecule has 2 aromatic rings. The van der Waals surface area contributed by atoms with Crippen LogP contribution in [-0.4, -0.2) is 30.3 Å². The van der Waals surface area contributed by atoms with E-state index in [4.69, 9.17) is 33.3 Å². The molecule has 1 saturated heterocycles. The zero-order valence-corrected chi connectivity index (χ0v) is 16.8. The fraction of sp³-hybridized carbons (Fsp3) is 0.238. The fourth-order valence-corrected chi connectivity index (χ4v) is 3.15. The second kappa shape index (κ2) is 10.2. The highest BCUT2D eigenvalue weighted by Gasteiger charge is 2.17. The molecule has 1 aliphatic heterocycles. The fourth-order valence-electron chi connectivity index (χ4n) is 2.74. The SMILES string of the molecule is O=C(/C=C/c1ccccc1Cl)NC(=S)Nc1ccccc1OCC1CCCO1. The second-order valence-corrected chi connectivity index (χ2v) is 7.06. The van der Waals surface area contributed by atoms with Crippen molar-refractivity contribution >= 4 is 46.6 Å². The number of carbonyl (C=O) groups excluding carboxylic acids is 1. The number of anilines is 1. The molecule has 1 unspecified atom stereocenters. The molecule has 1 fully saturated rings. The van der Waals surface area contributed by atoms with E-state index in [1.165, 1.54) is 6.08 Å².